The van der Waals surface area contributed by atoms with Crippen LogP contribution >= 0.6 is 0 Å². The van der Waals surface area contributed by atoms with E-state index in [9.17, 15) is 14.9 Å². The molecule has 0 heterocycles. The van der Waals surface area contributed by atoms with E-state index in [1.165, 1.54) is 25.3 Å². The first-order valence-electron chi connectivity index (χ1n) is 9.01. The van der Waals surface area contributed by atoms with E-state index in [0.717, 1.165) is 0 Å². The molecule has 1 N–H and O–H groups in total. The molecule has 0 saturated carbocycles. The Bertz CT molecular complexity index is 843. The van der Waals surface area contributed by atoms with E-state index in [1.54, 1.807) is 7.11 Å². The third-order valence-electron chi connectivity index (χ3n) is 4.19. The van der Waals surface area contributed by atoms with Crippen LogP contribution in [-0.4, -0.2) is 56.7 Å². The maximum absolute atomic E-state index is 12.2. The lowest BCUT2D eigenvalue weighted by atomic mass is 10.2. The van der Waals surface area contributed by atoms with Gasteiger partial charge < -0.3 is 24.4 Å². The second kappa shape index (κ2) is 10.9. The highest BCUT2D eigenvalue weighted by Gasteiger charge is 2.14. The Morgan fingerprint density at radius 1 is 1.07 bits per heavy atom. The van der Waals surface area contributed by atoms with Gasteiger partial charge >= 0.3 is 0 Å². The molecule has 0 aliphatic heterocycles. The molecule has 0 aromatic heterocycles. The van der Waals surface area contributed by atoms with Crippen LogP contribution in [0.4, 0.5) is 11.4 Å². The van der Waals surface area contributed by atoms with Gasteiger partial charge in [0.05, 0.1) is 30.9 Å². The minimum atomic E-state index is -0.518. The van der Waals surface area contributed by atoms with Crippen LogP contribution in [-0.2, 0) is 4.79 Å². The van der Waals surface area contributed by atoms with Crippen LogP contribution in [0.15, 0.2) is 42.5 Å². The third kappa shape index (κ3) is 6.65. The topological polar surface area (TPSA) is 103 Å². The Labute approximate surface area is 169 Å². The smallest absolute Gasteiger partial charge is 0.273 e. The Hall–Kier alpha value is -3.33. The van der Waals surface area contributed by atoms with Crippen molar-refractivity contribution in [2.45, 2.75) is 6.42 Å². The first-order chi connectivity index (χ1) is 13.9. The Morgan fingerprint density at radius 2 is 1.76 bits per heavy atom. The number of benzene rings is 2. The quantitative estimate of drug-likeness (QED) is 0.454. The fourth-order valence-electron chi connectivity index (χ4n) is 2.56. The van der Waals surface area contributed by atoms with Crippen LogP contribution in [0.3, 0.4) is 0 Å². The number of methoxy groups -OCH3 is 2. The maximum Gasteiger partial charge on any atom is 0.273 e. The molecule has 2 aromatic rings. The molecule has 0 spiro atoms. The first kappa shape index (κ1) is 22.0. The maximum atomic E-state index is 12.2. The van der Waals surface area contributed by atoms with Crippen molar-refractivity contribution >= 4 is 17.3 Å². The molecule has 1 amide bonds. The van der Waals surface area contributed by atoms with Crippen molar-refractivity contribution in [1.82, 2.24) is 4.90 Å². The molecule has 0 unspecified atom stereocenters. The van der Waals surface area contributed by atoms with E-state index in [0.29, 0.717) is 36.9 Å². The number of amides is 1. The zero-order chi connectivity index (χ0) is 21.2. The van der Waals surface area contributed by atoms with Gasteiger partial charge in [-0.3, -0.25) is 14.9 Å². The molecule has 0 radical (unpaired) electrons. The number of carbonyl (C=O) groups excluding carboxylic acids is 1. The molecular formula is C20H25N3O6. The summed E-state index contributed by atoms with van der Waals surface area (Å²) in [7, 11) is 4.88. The third-order valence-corrected chi connectivity index (χ3v) is 4.19. The molecule has 2 aromatic carbocycles. The van der Waals surface area contributed by atoms with E-state index in [-0.39, 0.29) is 23.8 Å². The lowest BCUT2D eigenvalue weighted by molar-refractivity contribution is -0.384. The predicted molar refractivity (Wildman–Crippen MR) is 109 cm³/mol. The van der Waals surface area contributed by atoms with Gasteiger partial charge in [0.25, 0.3) is 5.69 Å². The van der Waals surface area contributed by atoms with E-state index in [1.807, 2.05) is 36.2 Å². The van der Waals surface area contributed by atoms with Crippen LogP contribution in [0.5, 0.6) is 17.2 Å². The van der Waals surface area contributed by atoms with Crippen LogP contribution in [0.1, 0.15) is 6.42 Å². The Morgan fingerprint density at radius 3 is 2.41 bits per heavy atom. The highest BCUT2D eigenvalue weighted by atomic mass is 16.6. The van der Waals surface area contributed by atoms with Crippen molar-refractivity contribution in [2.75, 3.05) is 46.3 Å². The highest BCUT2D eigenvalue weighted by molar-refractivity contribution is 5.92. The van der Waals surface area contributed by atoms with E-state index < -0.39 is 4.92 Å². The Balaban J connectivity index is 1.78. The molecule has 0 atom stereocenters. The number of non-ortho nitro benzene ring substituents is 1. The number of nitro benzene ring substituents is 1. The zero-order valence-corrected chi connectivity index (χ0v) is 16.7. The second-order valence-electron chi connectivity index (χ2n) is 6.24. The van der Waals surface area contributed by atoms with Crippen molar-refractivity contribution < 1.29 is 23.9 Å². The number of nitro groups is 1. The summed E-state index contributed by atoms with van der Waals surface area (Å²) in [6.07, 6.45) is 0.255. The van der Waals surface area contributed by atoms with Crippen LogP contribution < -0.4 is 19.5 Å². The minimum absolute atomic E-state index is 0.102. The molecule has 2 rings (SSSR count). The molecule has 0 aliphatic rings. The van der Waals surface area contributed by atoms with Crippen LogP contribution in [0.2, 0.25) is 0 Å². The molecule has 0 fully saturated rings. The Kier molecular flexibility index (Phi) is 8.23. The largest absolute Gasteiger partial charge is 0.494 e. The molecule has 0 bridgehead atoms. The fourth-order valence-corrected chi connectivity index (χ4v) is 2.56. The van der Waals surface area contributed by atoms with Gasteiger partial charge in [-0.25, -0.2) is 0 Å². The van der Waals surface area contributed by atoms with Gasteiger partial charge in [0.2, 0.25) is 5.91 Å². The van der Waals surface area contributed by atoms with Crippen molar-refractivity contribution in [3.05, 3.63) is 52.6 Å². The normalized spacial score (nSPS) is 10.5. The number of hydrogen-bond donors (Lipinski definition) is 1. The van der Waals surface area contributed by atoms with Crippen molar-refractivity contribution in [3.63, 3.8) is 0 Å². The first-order valence-corrected chi connectivity index (χ1v) is 9.01. The molecular weight excluding hydrogens is 378 g/mol. The number of nitrogens with one attached hydrogen (secondary N) is 1. The average molecular weight is 403 g/mol. The monoisotopic (exact) mass is 403 g/mol. The number of anilines is 1. The number of ether oxygens (including phenoxy) is 3. The summed E-state index contributed by atoms with van der Waals surface area (Å²) in [6.45, 7) is 1.61. The van der Waals surface area contributed by atoms with Crippen molar-refractivity contribution in [2.24, 2.45) is 0 Å². The second-order valence-corrected chi connectivity index (χ2v) is 6.24. The number of likely N-dealkylation sites (N-methyl/N-ethyl adjacent to an activating group) is 1. The highest BCUT2D eigenvalue weighted by Crippen LogP contribution is 2.29. The van der Waals surface area contributed by atoms with Crippen molar-refractivity contribution in [1.29, 1.82) is 0 Å². The fraction of sp³-hybridized carbons (Fsp3) is 0.350. The van der Waals surface area contributed by atoms with Crippen LogP contribution in [0.25, 0.3) is 0 Å². The zero-order valence-electron chi connectivity index (χ0n) is 16.7. The summed E-state index contributed by atoms with van der Waals surface area (Å²) in [5, 5.41) is 13.6. The lowest BCUT2D eigenvalue weighted by Gasteiger charge is -2.17. The summed E-state index contributed by atoms with van der Waals surface area (Å²) >= 11 is 0. The van der Waals surface area contributed by atoms with Gasteiger partial charge in [-0.15, -0.1) is 0 Å². The van der Waals surface area contributed by atoms with Crippen molar-refractivity contribution in [3.8, 4) is 17.2 Å². The SMILES string of the molecule is COc1cc([N+](=O)[O-])ccc1NC(=O)CCN(C)CCOc1ccccc1OC. The lowest BCUT2D eigenvalue weighted by Crippen LogP contribution is -2.28. The molecule has 29 heavy (non-hydrogen) atoms. The van der Waals surface area contributed by atoms with Gasteiger partial charge in [-0.2, -0.15) is 0 Å². The van der Waals surface area contributed by atoms with E-state index >= 15 is 0 Å². The van der Waals surface area contributed by atoms with Gasteiger partial charge in [0.1, 0.15) is 12.4 Å². The minimum Gasteiger partial charge on any atom is -0.494 e. The molecule has 0 saturated heterocycles. The summed E-state index contributed by atoms with van der Waals surface area (Å²) in [4.78, 5) is 24.5. The standard InChI is InChI=1S/C20H25N3O6/c1-22(12-13-29-18-7-5-4-6-17(18)27-2)11-10-20(24)21-16-9-8-15(23(25)26)14-19(16)28-3/h4-9,14H,10-13H2,1-3H3,(H,21,24). The summed E-state index contributed by atoms with van der Waals surface area (Å²) in [6, 6.07) is 11.5. The van der Waals surface area contributed by atoms with Gasteiger partial charge in [-0.1, -0.05) is 12.1 Å². The van der Waals surface area contributed by atoms with E-state index in [2.05, 4.69) is 5.32 Å². The number of hydrogen-bond acceptors (Lipinski definition) is 7. The number of nitrogens with zero attached hydrogens (tertiary/aromatic N) is 2. The molecule has 9 heteroatoms. The summed E-state index contributed by atoms with van der Waals surface area (Å²) < 4.78 is 16.1. The average Bonchev–Trinajstić information content (AvgIpc) is 2.72. The molecule has 156 valence electrons. The number of carbonyl (C=O) groups is 1. The molecule has 0 aliphatic carbocycles. The predicted octanol–water partition coefficient (Wildman–Crippen LogP) is 2.95. The number of rotatable bonds is 11. The van der Waals surface area contributed by atoms with E-state index in [4.69, 9.17) is 14.2 Å². The number of para-hydroxylation sites is 2. The summed E-state index contributed by atoms with van der Waals surface area (Å²) in [5.41, 5.74) is 0.292. The summed E-state index contributed by atoms with van der Waals surface area (Å²) in [5.74, 6) is 1.37. The van der Waals surface area contributed by atoms with Gasteiger partial charge in [0.15, 0.2) is 11.5 Å². The van der Waals surface area contributed by atoms with Gasteiger partial charge in [0, 0.05) is 25.6 Å². The van der Waals surface area contributed by atoms with Crippen LogP contribution in [0, 0.1) is 10.1 Å². The van der Waals surface area contributed by atoms with Gasteiger partial charge in [-0.05, 0) is 25.2 Å². The molecule has 9 nitrogen and oxygen atoms in total.